The van der Waals surface area contributed by atoms with Crippen molar-refractivity contribution >= 4 is 72.5 Å². The van der Waals surface area contributed by atoms with Gasteiger partial charge in [-0.1, -0.05) is 59.7 Å². The number of nitrogens with one attached hydrogen (secondary N) is 2. The Hall–Kier alpha value is -4.89. The van der Waals surface area contributed by atoms with Gasteiger partial charge in [-0.05, 0) is 48.4 Å². The largest absolute Gasteiger partial charge is 0.475 e. The van der Waals surface area contributed by atoms with E-state index < -0.39 is 123 Å². The summed E-state index contributed by atoms with van der Waals surface area (Å²) in [4.78, 5) is 62.2. The lowest BCUT2D eigenvalue weighted by Crippen LogP contribution is -2.50. The Bertz CT molecular complexity index is 3130. The van der Waals surface area contributed by atoms with E-state index in [1.54, 1.807) is 34.9 Å². The van der Waals surface area contributed by atoms with Crippen molar-refractivity contribution in [2.75, 3.05) is 25.1 Å². The molecule has 0 aliphatic carbocycles. The van der Waals surface area contributed by atoms with Gasteiger partial charge in [0.25, 0.3) is 11.5 Å². The molecule has 29 heteroatoms. The smallest absolute Gasteiger partial charge is 0.408 e. The molecule has 2 unspecified atom stereocenters. The molecule has 6 aromatic rings. The zero-order chi connectivity index (χ0) is 52.8. The first-order valence-corrected chi connectivity index (χ1v) is 32.0. The number of aromatic amines is 1. The maximum Gasteiger partial charge on any atom is 0.475 e. The highest BCUT2D eigenvalue weighted by Gasteiger charge is 2.56. The molecule has 0 radical (unpaired) electrons. The highest BCUT2D eigenvalue weighted by molar-refractivity contribution is 7.48. The summed E-state index contributed by atoms with van der Waals surface area (Å²) in [6.07, 6.45) is -3.29. The van der Waals surface area contributed by atoms with Crippen molar-refractivity contribution < 1.29 is 60.3 Å². The van der Waals surface area contributed by atoms with Crippen molar-refractivity contribution in [3.8, 4) is 6.07 Å². The van der Waals surface area contributed by atoms with Gasteiger partial charge in [-0.2, -0.15) is 10.2 Å². The molecule has 73 heavy (non-hydrogen) atoms. The number of benzene rings is 1. The van der Waals surface area contributed by atoms with Crippen LogP contribution in [0, 0.1) is 11.3 Å². The van der Waals surface area contributed by atoms with Gasteiger partial charge in [0.15, 0.2) is 57.2 Å². The van der Waals surface area contributed by atoms with E-state index in [-0.39, 0.29) is 40.3 Å². The summed E-state index contributed by atoms with van der Waals surface area (Å²) in [5.74, 6) is -0.129. The number of carbonyl (C=O) groups is 1. The number of aromatic nitrogens is 9. The molecule has 2 fully saturated rings. The minimum Gasteiger partial charge on any atom is -0.408 e. The van der Waals surface area contributed by atoms with Gasteiger partial charge in [0, 0.05) is 18.0 Å². The number of ether oxygens (including phenoxy) is 2. The number of hydrogen-bond donors (Lipinski definition) is 4. The predicted octanol–water partition coefficient (Wildman–Crippen LogP) is 6.24. The molecule has 2 aliphatic rings. The maximum atomic E-state index is 15.4. The number of anilines is 1. The Morgan fingerprint density at radius 3 is 2.16 bits per heavy atom. The van der Waals surface area contributed by atoms with E-state index in [0.717, 1.165) is 0 Å². The first-order chi connectivity index (χ1) is 34.4. The van der Waals surface area contributed by atoms with Crippen molar-refractivity contribution in [2.24, 2.45) is 0 Å². The minimum atomic E-state index is -4.91. The number of aliphatic hydroxyl groups excluding tert-OH is 1. The molecule has 4 N–H and O–H groups in total. The molecule has 2 aliphatic heterocycles. The van der Waals surface area contributed by atoms with Crippen LogP contribution >= 0.6 is 16.1 Å². The number of phosphoric ester groups is 1. The second-order valence-corrected chi connectivity index (χ2v) is 32.6. The number of carbonyl (C=O) groups excluding carboxylic acids is 1. The molecule has 10 atom stereocenters. The molecule has 5 aromatic heterocycles. The lowest BCUT2D eigenvalue weighted by Gasteiger charge is -2.41. The number of amides is 1. The van der Waals surface area contributed by atoms with E-state index in [1.165, 1.54) is 40.3 Å². The average Bonchev–Trinajstić information content (AvgIpc) is 4.17. The Labute approximate surface area is 422 Å². The fourth-order valence-electron chi connectivity index (χ4n) is 7.92. The van der Waals surface area contributed by atoms with Crippen LogP contribution in [-0.4, -0.2) is 132 Å². The third-order valence-corrected chi connectivity index (χ3v) is 24.7. The number of imidazole rings is 3. The fourth-order valence-corrected chi connectivity index (χ4v) is 12.4. The van der Waals surface area contributed by atoms with Crippen molar-refractivity contribution in [1.82, 2.24) is 43.4 Å². The van der Waals surface area contributed by atoms with Crippen LogP contribution in [0.4, 0.5) is 5.82 Å². The third-order valence-electron chi connectivity index (χ3n) is 13.8. The van der Waals surface area contributed by atoms with E-state index in [2.05, 4.69) is 35.2 Å². The van der Waals surface area contributed by atoms with Gasteiger partial charge in [-0.25, -0.2) is 24.5 Å². The van der Waals surface area contributed by atoms with Crippen LogP contribution in [0.1, 0.15) is 70.8 Å². The fraction of sp³-hybridized carbons (Fsp3) is 0.545. The molecule has 0 spiro atoms. The van der Waals surface area contributed by atoms with Gasteiger partial charge in [0.05, 0.1) is 45.0 Å². The van der Waals surface area contributed by atoms with Crippen LogP contribution < -0.4 is 10.9 Å². The molecular weight excluding hydrogens is 1020 g/mol. The maximum absolute atomic E-state index is 15.4. The molecule has 25 nitrogen and oxygen atoms in total. The molecule has 2 saturated heterocycles. The number of aliphatic hydroxyl groups is 1. The molecule has 8 rings (SSSR count). The zero-order valence-corrected chi connectivity index (χ0v) is 45.9. The number of rotatable bonds is 19. The third kappa shape index (κ3) is 11.1. The Morgan fingerprint density at radius 2 is 1.52 bits per heavy atom. The van der Waals surface area contributed by atoms with Crippen LogP contribution in [-0.2, 0) is 45.6 Å². The van der Waals surface area contributed by atoms with Gasteiger partial charge in [0.1, 0.15) is 43.0 Å². The highest BCUT2D eigenvalue weighted by atomic mass is 31.2. The van der Waals surface area contributed by atoms with Crippen molar-refractivity contribution in [1.29, 1.82) is 5.26 Å². The van der Waals surface area contributed by atoms with Crippen LogP contribution in [0.3, 0.4) is 0 Å². The number of phosphoric acid groups is 1. The number of fused-ring (bicyclic) bond motifs is 3. The van der Waals surface area contributed by atoms with Gasteiger partial charge in [0.2, 0.25) is 5.78 Å². The van der Waals surface area contributed by atoms with Gasteiger partial charge in [-0.3, -0.25) is 45.8 Å². The molecule has 0 bridgehead atoms. The first-order valence-electron chi connectivity index (χ1n) is 23.4. The Kier molecular flexibility index (Phi) is 15.7. The van der Waals surface area contributed by atoms with Crippen LogP contribution in [0.15, 0.2) is 66.5 Å². The summed E-state index contributed by atoms with van der Waals surface area (Å²) >= 11 is 0. The summed E-state index contributed by atoms with van der Waals surface area (Å²) in [6, 6.07) is 10.5. The second-order valence-electron chi connectivity index (χ2n) is 20.7. The molecule has 0 saturated carbocycles. The van der Waals surface area contributed by atoms with Crippen molar-refractivity contribution in [2.45, 2.75) is 133 Å². The molecule has 7 heterocycles. The predicted molar refractivity (Wildman–Crippen MR) is 269 cm³/mol. The van der Waals surface area contributed by atoms with E-state index >= 15 is 4.57 Å². The van der Waals surface area contributed by atoms with Crippen LogP contribution in [0.2, 0.25) is 36.3 Å². The van der Waals surface area contributed by atoms with Crippen molar-refractivity contribution in [3.05, 3.63) is 77.6 Å². The number of nitrogens with zero attached hydrogens (tertiary/aromatic N) is 9. The lowest BCUT2D eigenvalue weighted by molar-refractivity contribution is -0.0592. The summed E-state index contributed by atoms with van der Waals surface area (Å²) < 4.78 is 83.7. The lowest BCUT2D eigenvalue weighted by atomic mass is 10.1. The molecule has 1 aromatic carbocycles. The van der Waals surface area contributed by atoms with Crippen molar-refractivity contribution in [3.63, 3.8) is 0 Å². The number of nitriles is 1. The molecular formula is C44H61N11O14P2Si2. The summed E-state index contributed by atoms with van der Waals surface area (Å²) in [6.45, 7) is 18.2. The van der Waals surface area contributed by atoms with Crippen LogP contribution in [0.5, 0.6) is 0 Å². The Balaban J connectivity index is 1.16. The van der Waals surface area contributed by atoms with E-state index in [4.69, 9.17) is 36.4 Å². The highest BCUT2D eigenvalue weighted by Crippen LogP contribution is 2.56. The number of hydrogen-bond acceptors (Lipinski definition) is 19. The molecule has 394 valence electrons. The monoisotopic (exact) mass is 1090 g/mol. The summed E-state index contributed by atoms with van der Waals surface area (Å²) in [5, 5.41) is 22.5. The summed E-state index contributed by atoms with van der Waals surface area (Å²) in [5.41, 5.74) is 0.365. The van der Waals surface area contributed by atoms with Gasteiger partial charge < -0.3 is 38.6 Å². The first kappa shape index (κ1) is 54.4. The molecule has 1 amide bonds. The number of H-pyrrole nitrogens is 1. The normalized spacial score (nSPS) is 24.3. The second kappa shape index (κ2) is 21.0. The van der Waals surface area contributed by atoms with Crippen LogP contribution in [0.25, 0.3) is 28.1 Å². The summed E-state index contributed by atoms with van der Waals surface area (Å²) in [7, 11) is -14.3. The quantitative estimate of drug-likeness (QED) is 0.0396. The SMILES string of the molecule is CC(C)(C)[Si](C)(C)O[C@@H]1[C@H](OP(=O)(OCCC#N)OC[C@H]2O[C@@H](n3cnc4c(=O)n5cc[nH]c5nc43)[C@H](O[PH](=O)O)[C@@H]2O[Si](C)(C)C(C)(C)C)[C@@H](CO)O[C@H]1n1cnc2c(NC(=O)c3ccccc3)ncnc21. The van der Waals surface area contributed by atoms with E-state index in [9.17, 15) is 29.4 Å². The standard InChI is InChI=1S/C44H61N11O14P2Si2/c1-43(2,3)72(7,8)68-32-28(65-40(33(32)66-70(59)60)55-25-50-30-37(55)52-42-46-18-19-53(42)39(30)58)22-63-71(61,62-20-14-17-45)67-31-27(21-56)64-41(34(31)69-73(9,10)44(4,5)6)54-24-49-29-35(47-23-48-36(29)54)51-38(57)26-15-12-11-13-16-26/h11-13,15-16,18-19,23-25,27-28,31-34,40-41,56,70H,14,20-22H2,1-10H3,(H,46,52)(H,59,60)(H,47,48,51,57)/t27-,28-,31-,32-,33-,34-,40-,41-,71?/m1/s1. The van der Waals surface area contributed by atoms with Gasteiger partial charge >= 0.3 is 16.1 Å². The minimum absolute atomic E-state index is 0.0298. The van der Waals surface area contributed by atoms with Gasteiger partial charge in [-0.15, -0.1) is 0 Å². The topological polar surface area (TPSA) is 313 Å². The average molecular weight is 1090 g/mol. The van der Waals surface area contributed by atoms with E-state index in [1.807, 2.05) is 73.8 Å². The zero-order valence-electron chi connectivity index (χ0n) is 42.0. The Morgan fingerprint density at radius 1 is 0.890 bits per heavy atom. The van der Waals surface area contributed by atoms with E-state index in [0.29, 0.717) is 5.56 Å².